The average Bonchev–Trinajstić information content (AvgIpc) is 2.56. The van der Waals surface area contributed by atoms with Gasteiger partial charge >= 0.3 is 0 Å². The van der Waals surface area contributed by atoms with Crippen molar-refractivity contribution in [3.63, 3.8) is 0 Å². The van der Waals surface area contributed by atoms with Gasteiger partial charge in [-0.25, -0.2) is 4.39 Å². The van der Waals surface area contributed by atoms with Gasteiger partial charge in [0, 0.05) is 32.2 Å². The molecule has 3 heteroatoms. The summed E-state index contributed by atoms with van der Waals surface area (Å²) in [5.41, 5.74) is 3.52. The van der Waals surface area contributed by atoms with Gasteiger partial charge in [-0.1, -0.05) is 36.4 Å². The van der Waals surface area contributed by atoms with Crippen LogP contribution in [0.1, 0.15) is 18.5 Å². The van der Waals surface area contributed by atoms with Crippen molar-refractivity contribution in [1.29, 1.82) is 0 Å². The van der Waals surface area contributed by atoms with Crippen LogP contribution in [0.4, 0.5) is 4.39 Å². The lowest BCUT2D eigenvalue weighted by atomic mass is 10.0. The van der Waals surface area contributed by atoms with Gasteiger partial charge in [-0.2, -0.15) is 0 Å². The van der Waals surface area contributed by atoms with Gasteiger partial charge in [0.1, 0.15) is 5.82 Å². The highest BCUT2D eigenvalue weighted by Gasteiger charge is 2.17. The Morgan fingerprint density at radius 3 is 2.00 bits per heavy atom. The first-order valence-electron chi connectivity index (χ1n) is 7.55. The van der Waals surface area contributed by atoms with E-state index >= 15 is 0 Å². The van der Waals surface area contributed by atoms with Crippen molar-refractivity contribution in [2.24, 2.45) is 0 Å². The third-order valence-corrected chi connectivity index (χ3v) is 4.27. The van der Waals surface area contributed by atoms with Gasteiger partial charge in [0.25, 0.3) is 0 Å². The van der Waals surface area contributed by atoms with Crippen LogP contribution in [0, 0.1) is 5.82 Å². The average molecular weight is 284 g/mol. The molecular formula is C18H21FN2. The van der Waals surface area contributed by atoms with E-state index in [1.54, 1.807) is 0 Å². The van der Waals surface area contributed by atoms with E-state index in [1.807, 2.05) is 12.1 Å². The summed E-state index contributed by atoms with van der Waals surface area (Å²) in [6.45, 7) is 6.59. The lowest BCUT2D eigenvalue weighted by Gasteiger charge is -2.33. The van der Waals surface area contributed by atoms with Gasteiger partial charge in [-0.15, -0.1) is 0 Å². The first-order chi connectivity index (χ1) is 10.2. The Kier molecular flexibility index (Phi) is 4.32. The van der Waals surface area contributed by atoms with Crippen LogP contribution in [0.5, 0.6) is 0 Å². The van der Waals surface area contributed by atoms with Crippen LogP contribution < -0.4 is 5.32 Å². The molecule has 0 bridgehead atoms. The Morgan fingerprint density at radius 1 is 0.905 bits per heavy atom. The number of rotatable bonds is 3. The lowest BCUT2D eigenvalue weighted by Crippen LogP contribution is -2.44. The number of nitrogens with zero attached hydrogens (tertiary/aromatic N) is 1. The highest BCUT2D eigenvalue weighted by molar-refractivity contribution is 5.63. The van der Waals surface area contributed by atoms with Crippen molar-refractivity contribution in [2.75, 3.05) is 26.2 Å². The molecule has 0 saturated carbocycles. The summed E-state index contributed by atoms with van der Waals surface area (Å²) in [4.78, 5) is 2.50. The van der Waals surface area contributed by atoms with E-state index in [-0.39, 0.29) is 5.82 Å². The van der Waals surface area contributed by atoms with Gasteiger partial charge in [0.15, 0.2) is 0 Å². The largest absolute Gasteiger partial charge is 0.314 e. The molecule has 2 aromatic carbocycles. The van der Waals surface area contributed by atoms with Crippen LogP contribution in [0.25, 0.3) is 11.1 Å². The van der Waals surface area contributed by atoms with E-state index in [4.69, 9.17) is 0 Å². The van der Waals surface area contributed by atoms with Gasteiger partial charge in [0.2, 0.25) is 0 Å². The van der Waals surface area contributed by atoms with Gasteiger partial charge < -0.3 is 5.32 Å². The smallest absolute Gasteiger partial charge is 0.123 e. The highest BCUT2D eigenvalue weighted by Crippen LogP contribution is 2.25. The molecular weight excluding hydrogens is 263 g/mol. The molecule has 2 aromatic rings. The first kappa shape index (κ1) is 14.2. The van der Waals surface area contributed by atoms with E-state index in [0.717, 1.165) is 37.3 Å². The Labute approximate surface area is 125 Å². The molecule has 2 nitrogen and oxygen atoms in total. The molecule has 1 aliphatic rings. The summed E-state index contributed by atoms with van der Waals surface area (Å²) in [5.74, 6) is -0.192. The maximum atomic E-state index is 13.0. The molecule has 1 aliphatic heterocycles. The van der Waals surface area contributed by atoms with Crippen molar-refractivity contribution in [3.05, 3.63) is 59.9 Å². The third kappa shape index (κ3) is 3.31. The van der Waals surface area contributed by atoms with Crippen molar-refractivity contribution >= 4 is 0 Å². The number of hydrogen-bond donors (Lipinski definition) is 1. The minimum Gasteiger partial charge on any atom is -0.314 e. The predicted octanol–water partition coefficient (Wildman–Crippen LogP) is 3.46. The maximum absolute atomic E-state index is 13.0. The molecule has 0 spiro atoms. The fourth-order valence-corrected chi connectivity index (χ4v) is 2.88. The van der Waals surface area contributed by atoms with E-state index in [0.29, 0.717) is 6.04 Å². The Morgan fingerprint density at radius 2 is 1.43 bits per heavy atom. The standard InChI is InChI=1S/C18H21FN2/c1-14(21-12-10-20-11-13-21)15-2-4-16(5-3-15)17-6-8-18(19)9-7-17/h2-9,14,20H,10-13H2,1H3. The molecule has 1 atom stereocenters. The number of benzene rings is 2. The van der Waals surface area contributed by atoms with Gasteiger partial charge in [-0.05, 0) is 35.7 Å². The van der Waals surface area contributed by atoms with Crippen molar-refractivity contribution in [2.45, 2.75) is 13.0 Å². The Hall–Kier alpha value is -1.71. The van der Waals surface area contributed by atoms with Crippen molar-refractivity contribution in [3.8, 4) is 11.1 Å². The molecule has 0 aromatic heterocycles. The van der Waals surface area contributed by atoms with Crippen LogP contribution in [0.2, 0.25) is 0 Å². The monoisotopic (exact) mass is 284 g/mol. The van der Waals surface area contributed by atoms with Crippen LogP contribution in [0.15, 0.2) is 48.5 Å². The third-order valence-electron chi connectivity index (χ3n) is 4.27. The molecule has 21 heavy (non-hydrogen) atoms. The topological polar surface area (TPSA) is 15.3 Å². The second kappa shape index (κ2) is 6.37. The molecule has 110 valence electrons. The van der Waals surface area contributed by atoms with E-state index in [2.05, 4.69) is 41.4 Å². The summed E-state index contributed by atoms with van der Waals surface area (Å²) in [6.07, 6.45) is 0. The minimum absolute atomic E-state index is 0.192. The van der Waals surface area contributed by atoms with Crippen LogP contribution in [-0.4, -0.2) is 31.1 Å². The van der Waals surface area contributed by atoms with Crippen LogP contribution in [0.3, 0.4) is 0 Å². The summed E-state index contributed by atoms with van der Waals surface area (Å²) in [7, 11) is 0. The van der Waals surface area contributed by atoms with E-state index in [1.165, 1.54) is 17.7 Å². The number of piperazine rings is 1. The van der Waals surface area contributed by atoms with Gasteiger partial charge in [0.05, 0.1) is 0 Å². The quantitative estimate of drug-likeness (QED) is 0.928. The minimum atomic E-state index is -0.192. The molecule has 1 fully saturated rings. The summed E-state index contributed by atoms with van der Waals surface area (Å²) < 4.78 is 13.0. The second-order valence-corrected chi connectivity index (χ2v) is 5.59. The molecule has 3 rings (SSSR count). The van der Waals surface area contributed by atoms with Crippen LogP contribution >= 0.6 is 0 Å². The molecule has 1 heterocycles. The zero-order valence-corrected chi connectivity index (χ0v) is 12.3. The fraction of sp³-hybridized carbons (Fsp3) is 0.333. The molecule has 1 N–H and O–H groups in total. The normalized spacial score (nSPS) is 17.6. The second-order valence-electron chi connectivity index (χ2n) is 5.59. The summed E-state index contributed by atoms with van der Waals surface area (Å²) in [5, 5.41) is 3.38. The van der Waals surface area contributed by atoms with Crippen molar-refractivity contribution < 1.29 is 4.39 Å². The van der Waals surface area contributed by atoms with Crippen molar-refractivity contribution in [1.82, 2.24) is 10.2 Å². The zero-order valence-electron chi connectivity index (χ0n) is 12.3. The number of halogens is 1. The fourth-order valence-electron chi connectivity index (χ4n) is 2.88. The molecule has 0 radical (unpaired) electrons. The van der Waals surface area contributed by atoms with Crippen LogP contribution in [-0.2, 0) is 0 Å². The predicted molar refractivity (Wildman–Crippen MR) is 84.7 cm³/mol. The lowest BCUT2D eigenvalue weighted by molar-refractivity contribution is 0.185. The van der Waals surface area contributed by atoms with E-state index < -0.39 is 0 Å². The Balaban J connectivity index is 1.75. The Bertz CT molecular complexity index is 571. The van der Waals surface area contributed by atoms with Gasteiger partial charge in [-0.3, -0.25) is 4.90 Å². The highest BCUT2D eigenvalue weighted by atomic mass is 19.1. The maximum Gasteiger partial charge on any atom is 0.123 e. The summed E-state index contributed by atoms with van der Waals surface area (Å²) in [6, 6.07) is 15.7. The SMILES string of the molecule is CC(c1ccc(-c2ccc(F)cc2)cc1)N1CCNCC1. The number of hydrogen-bond acceptors (Lipinski definition) is 2. The molecule has 0 amide bonds. The molecule has 0 aliphatic carbocycles. The van der Waals surface area contributed by atoms with E-state index in [9.17, 15) is 4.39 Å². The molecule has 1 unspecified atom stereocenters. The zero-order chi connectivity index (χ0) is 14.7. The number of nitrogens with one attached hydrogen (secondary N) is 1. The first-order valence-corrected chi connectivity index (χ1v) is 7.55. The molecule has 1 saturated heterocycles. The summed E-state index contributed by atoms with van der Waals surface area (Å²) >= 11 is 0.